The van der Waals surface area contributed by atoms with Gasteiger partial charge in [-0.25, -0.2) is 0 Å². The van der Waals surface area contributed by atoms with Crippen molar-refractivity contribution in [1.82, 2.24) is 0 Å². The van der Waals surface area contributed by atoms with Gasteiger partial charge in [0.15, 0.2) is 0 Å². The molecule has 0 aliphatic heterocycles. The monoisotopic (exact) mass is 309 g/mol. The van der Waals surface area contributed by atoms with Crippen molar-refractivity contribution >= 4 is 16.5 Å². The predicted octanol–water partition coefficient (Wildman–Crippen LogP) is 4.92. The summed E-state index contributed by atoms with van der Waals surface area (Å²) in [6.45, 7) is 0. The molecule has 1 aliphatic carbocycles. The lowest BCUT2D eigenvalue weighted by Gasteiger charge is -2.30. The van der Waals surface area contributed by atoms with E-state index in [9.17, 15) is 13.2 Å². The molecule has 0 amide bonds. The Kier molecular flexibility index (Phi) is 3.89. The molecule has 1 fully saturated rings. The van der Waals surface area contributed by atoms with Crippen LogP contribution in [0.4, 0.5) is 18.9 Å². The van der Waals surface area contributed by atoms with Crippen molar-refractivity contribution in [2.75, 3.05) is 5.73 Å². The Hall–Kier alpha value is -1.91. The maximum Gasteiger partial charge on any atom is 0.391 e. The van der Waals surface area contributed by atoms with E-state index in [0.29, 0.717) is 24.3 Å². The van der Waals surface area contributed by atoms with Crippen molar-refractivity contribution in [3.63, 3.8) is 0 Å². The molecule has 2 nitrogen and oxygen atoms in total. The lowest BCUT2D eigenvalue weighted by atomic mass is 9.87. The van der Waals surface area contributed by atoms with Gasteiger partial charge in [-0.15, -0.1) is 0 Å². The first-order chi connectivity index (χ1) is 10.4. The molecule has 2 N–H and O–H groups in total. The van der Waals surface area contributed by atoms with E-state index in [0.717, 1.165) is 10.8 Å². The first-order valence-corrected chi connectivity index (χ1v) is 7.45. The number of halogens is 3. The van der Waals surface area contributed by atoms with Crippen LogP contribution >= 0.6 is 0 Å². The van der Waals surface area contributed by atoms with E-state index in [4.69, 9.17) is 10.5 Å². The second-order valence-electron chi connectivity index (χ2n) is 5.86. The minimum atomic E-state index is -4.08. The summed E-state index contributed by atoms with van der Waals surface area (Å²) in [5.41, 5.74) is 6.61. The van der Waals surface area contributed by atoms with Gasteiger partial charge in [0, 0.05) is 11.1 Å². The molecule has 3 rings (SSSR count). The van der Waals surface area contributed by atoms with Crippen molar-refractivity contribution in [2.24, 2.45) is 5.92 Å². The predicted molar refractivity (Wildman–Crippen MR) is 80.8 cm³/mol. The standard InChI is InChI=1S/C17H18F3NO/c18-17(19,20)12-5-8-13(9-6-12)22-14-7-4-11-2-1-3-16(21)15(11)10-14/h1-4,7,10,12-13H,5-6,8-9,21H2/t12-,13+. The van der Waals surface area contributed by atoms with E-state index in [2.05, 4.69) is 0 Å². The topological polar surface area (TPSA) is 35.2 Å². The highest BCUT2D eigenvalue weighted by atomic mass is 19.4. The number of alkyl halides is 3. The molecule has 2 aromatic carbocycles. The SMILES string of the molecule is Nc1cccc2ccc(O[C@H]3CC[C@@H](C(F)(F)F)CC3)cc12. The van der Waals surface area contributed by atoms with E-state index in [1.165, 1.54) is 0 Å². The Balaban J connectivity index is 1.68. The fourth-order valence-corrected chi connectivity index (χ4v) is 3.05. The zero-order valence-electron chi connectivity index (χ0n) is 12.1. The molecule has 1 aliphatic rings. The third kappa shape index (κ3) is 3.13. The highest BCUT2D eigenvalue weighted by molar-refractivity contribution is 5.93. The maximum atomic E-state index is 12.7. The van der Waals surface area contributed by atoms with Crippen molar-refractivity contribution in [2.45, 2.75) is 38.0 Å². The van der Waals surface area contributed by atoms with Crippen molar-refractivity contribution in [1.29, 1.82) is 0 Å². The number of nitrogens with two attached hydrogens (primary N) is 1. The van der Waals surface area contributed by atoms with Crippen LogP contribution in [-0.4, -0.2) is 12.3 Å². The van der Waals surface area contributed by atoms with Crippen molar-refractivity contribution in [3.8, 4) is 5.75 Å². The first kappa shape index (κ1) is 15.0. The largest absolute Gasteiger partial charge is 0.490 e. The van der Waals surface area contributed by atoms with E-state index in [1.807, 2.05) is 36.4 Å². The van der Waals surface area contributed by atoms with Crippen LogP contribution in [0.15, 0.2) is 36.4 Å². The van der Waals surface area contributed by atoms with Crippen LogP contribution in [0.5, 0.6) is 5.75 Å². The van der Waals surface area contributed by atoms with Crippen molar-refractivity contribution in [3.05, 3.63) is 36.4 Å². The molecule has 5 heteroatoms. The van der Waals surface area contributed by atoms with Gasteiger partial charge in [0.2, 0.25) is 0 Å². The van der Waals surface area contributed by atoms with Crippen LogP contribution in [0.2, 0.25) is 0 Å². The Bertz CT molecular complexity index is 660. The van der Waals surface area contributed by atoms with E-state index in [-0.39, 0.29) is 18.9 Å². The second-order valence-corrected chi connectivity index (χ2v) is 5.86. The zero-order valence-corrected chi connectivity index (χ0v) is 12.1. The minimum absolute atomic E-state index is 0.143. The summed E-state index contributed by atoms with van der Waals surface area (Å²) in [7, 11) is 0. The van der Waals surface area contributed by atoms with Gasteiger partial charge < -0.3 is 10.5 Å². The summed E-state index contributed by atoms with van der Waals surface area (Å²) < 4.78 is 43.8. The first-order valence-electron chi connectivity index (χ1n) is 7.45. The highest BCUT2D eigenvalue weighted by Crippen LogP contribution is 2.38. The second kappa shape index (κ2) is 5.71. The molecule has 1 saturated carbocycles. The Morgan fingerprint density at radius 2 is 1.73 bits per heavy atom. The van der Waals surface area contributed by atoms with Crippen LogP contribution in [-0.2, 0) is 0 Å². The number of rotatable bonds is 2. The molecule has 118 valence electrons. The summed E-state index contributed by atoms with van der Waals surface area (Å²) in [6, 6.07) is 11.3. The molecule has 0 radical (unpaired) electrons. The molecule has 0 spiro atoms. The number of hydrogen-bond acceptors (Lipinski definition) is 2. The van der Waals surface area contributed by atoms with Crippen LogP contribution in [0.25, 0.3) is 10.8 Å². The molecule has 0 aromatic heterocycles. The molecular weight excluding hydrogens is 291 g/mol. The van der Waals surface area contributed by atoms with Gasteiger partial charge in [0.1, 0.15) is 5.75 Å². The number of ether oxygens (including phenoxy) is 1. The van der Waals surface area contributed by atoms with Gasteiger partial charge >= 0.3 is 6.18 Å². The Labute approximate surface area is 127 Å². The Morgan fingerprint density at radius 3 is 2.41 bits per heavy atom. The van der Waals surface area contributed by atoms with Gasteiger partial charge in [0.05, 0.1) is 12.0 Å². The number of hydrogen-bond donors (Lipinski definition) is 1. The molecule has 22 heavy (non-hydrogen) atoms. The van der Waals surface area contributed by atoms with Crippen LogP contribution in [0, 0.1) is 5.92 Å². The summed E-state index contributed by atoms with van der Waals surface area (Å²) in [5, 5.41) is 1.93. The van der Waals surface area contributed by atoms with Crippen LogP contribution in [0.3, 0.4) is 0 Å². The summed E-state index contributed by atoms with van der Waals surface area (Å²) in [6.07, 6.45) is -3.07. The lowest BCUT2D eigenvalue weighted by Crippen LogP contribution is -2.31. The third-order valence-electron chi connectivity index (χ3n) is 4.33. The molecular formula is C17H18F3NO. The molecule has 0 bridgehead atoms. The molecule has 0 atom stereocenters. The molecule has 0 unspecified atom stereocenters. The Morgan fingerprint density at radius 1 is 1.00 bits per heavy atom. The fraction of sp³-hybridized carbons (Fsp3) is 0.412. The minimum Gasteiger partial charge on any atom is -0.490 e. The van der Waals surface area contributed by atoms with E-state index >= 15 is 0 Å². The number of fused-ring (bicyclic) bond motifs is 1. The summed E-state index contributed by atoms with van der Waals surface area (Å²) >= 11 is 0. The maximum absolute atomic E-state index is 12.7. The van der Waals surface area contributed by atoms with Gasteiger partial charge in [0.25, 0.3) is 0 Å². The van der Waals surface area contributed by atoms with Gasteiger partial charge in [-0.1, -0.05) is 18.2 Å². The van der Waals surface area contributed by atoms with E-state index in [1.54, 1.807) is 0 Å². The summed E-state index contributed by atoms with van der Waals surface area (Å²) in [4.78, 5) is 0. The van der Waals surface area contributed by atoms with Crippen molar-refractivity contribution < 1.29 is 17.9 Å². The summed E-state index contributed by atoms with van der Waals surface area (Å²) in [5.74, 6) is -0.513. The van der Waals surface area contributed by atoms with Gasteiger partial charge in [-0.2, -0.15) is 13.2 Å². The third-order valence-corrected chi connectivity index (χ3v) is 4.33. The van der Waals surface area contributed by atoms with Gasteiger partial charge in [-0.05, 0) is 49.3 Å². The fourth-order valence-electron chi connectivity index (χ4n) is 3.05. The van der Waals surface area contributed by atoms with Gasteiger partial charge in [-0.3, -0.25) is 0 Å². The quantitative estimate of drug-likeness (QED) is 0.799. The zero-order chi connectivity index (χ0) is 15.7. The molecule has 0 heterocycles. The highest BCUT2D eigenvalue weighted by Gasteiger charge is 2.41. The number of benzene rings is 2. The smallest absolute Gasteiger partial charge is 0.391 e. The van der Waals surface area contributed by atoms with E-state index < -0.39 is 12.1 Å². The number of anilines is 1. The number of nitrogen functional groups attached to an aromatic ring is 1. The average molecular weight is 309 g/mol. The molecule has 2 aromatic rings. The van der Waals surface area contributed by atoms with Crippen LogP contribution < -0.4 is 10.5 Å². The lowest BCUT2D eigenvalue weighted by molar-refractivity contribution is -0.185. The molecule has 0 saturated heterocycles. The van der Waals surface area contributed by atoms with Crippen LogP contribution in [0.1, 0.15) is 25.7 Å². The average Bonchev–Trinajstić information content (AvgIpc) is 2.48. The normalized spacial score (nSPS) is 22.7.